The number of fused-ring (bicyclic) bond motifs is 11. The van der Waals surface area contributed by atoms with Crippen LogP contribution in [-0.2, 0) is 5.41 Å². The monoisotopic (exact) mass is 740 g/mol. The van der Waals surface area contributed by atoms with Crippen molar-refractivity contribution in [3.8, 4) is 39.4 Å². The van der Waals surface area contributed by atoms with Crippen molar-refractivity contribution in [3.05, 3.63) is 241 Å². The minimum atomic E-state index is -0.614. The summed E-state index contributed by atoms with van der Waals surface area (Å²) in [6.45, 7) is 0. The fourth-order valence-electron chi connectivity index (χ4n) is 9.82. The molecule has 0 saturated heterocycles. The summed E-state index contributed by atoms with van der Waals surface area (Å²) in [7, 11) is 0. The first kappa shape index (κ1) is 32.6. The van der Waals surface area contributed by atoms with Crippen LogP contribution in [0, 0.1) is 0 Å². The van der Waals surface area contributed by atoms with Crippen molar-refractivity contribution >= 4 is 38.9 Å². The van der Waals surface area contributed by atoms with E-state index in [2.05, 4.69) is 228 Å². The summed E-state index contributed by atoms with van der Waals surface area (Å²) in [6.07, 6.45) is 0. The minimum Gasteiger partial charge on any atom is -0.456 e. The second-order valence-corrected chi connectivity index (χ2v) is 15.2. The molecular weight excluding hydrogens is 705 g/mol. The zero-order valence-corrected chi connectivity index (χ0v) is 31.6. The zero-order valence-electron chi connectivity index (χ0n) is 31.6. The third kappa shape index (κ3) is 4.62. The summed E-state index contributed by atoms with van der Waals surface area (Å²) in [5.74, 6) is 1.77. The fraction of sp³-hybridized carbons (Fsp3) is 0.0182. The molecule has 0 amide bonds. The Labute approximate surface area is 337 Å². The van der Waals surface area contributed by atoms with Crippen LogP contribution >= 0.6 is 0 Å². The van der Waals surface area contributed by atoms with Gasteiger partial charge in [-0.15, -0.1) is 0 Å². The van der Waals surface area contributed by atoms with Crippen LogP contribution in [0.4, 0.5) is 17.1 Å². The molecular formula is C55H36N2O. The van der Waals surface area contributed by atoms with Crippen molar-refractivity contribution in [1.82, 2.24) is 4.57 Å². The van der Waals surface area contributed by atoms with Gasteiger partial charge in [-0.3, -0.25) is 0 Å². The highest BCUT2D eigenvalue weighted by Gasteiger charge is 2.50. The predicted octanol–water partition coefficient (Wildman–Crippen LogP) is 14.4. The average molecular weight is 741 g/mol. The first-order chi connectivity index (χ1) is 28.8. The van der Waals surface area contributed by atoms with E-state index in [1.165, 1.54) is 49.7 Å². The fourth-order valence-corrected chi connectivity index (χ4v) is 9.82. The van der Waals surface area contributed by atoms with Crippen molar-refractivity contribution in [3.63, 3.8) is 0 Å². The van der Waals surface area contributed by atoms with Crippen molar-refractivity contribution in [2.45, 2.75) is 5.41 Å². The zero-order chi connectivity index (χ0) is 38.2. The molecule has 0 bridgehead atoms. The molecule has 3 heteroatoms. The normalized spacial score (nSPS) is 14.8. The van der Waals surface area contributed by atoms with Crippen LogP contribution in [0.1, 0.15) is 22.3 Å². The van der Waals surface area contributed by atoms with Crippen molar-refractivity contribution in [2.24, 2.45) is 0 Å². The van der Waals surface area contributed by atoms with E-state index in [1.807, 2.05) is 0 Å². The molecule has 2 aliphatic rings. The number of anilines is 3. The average Bonchev–Trinajstić information content (AvgIpc) is 3.64. The number of ether oxygens (including phenoxy) is 1. The van der Waals surface area contributed by atoms with Crippen LogP contribution in [-0.4, -0.2) is 4.57 Å². The number of rotatable bonds is 5. The van der Waals surface area contributed by atoms with Crippen molar-refractivity contribution < 1.29 is 4.74 Å². The highest BCUT2D eigenvalue weighted by Crippen LogP contribution is 2.61. The lowest BCUT2D eigenvalue weighted by Crippen LogP contribution is -2.37. The quantitative estimate of drug-likeness (QED) is 0.175. The van der Waals surface area contributed by atoms with E-state index in [0.717, 1.165) is 50.8 Å². The molecule has 10 aromatic rings. The maximum absolute atomic E-state index is 7.10. The molecule has 3 nitrogen and oxygen atoms in total. The molecule has 1 aromatic heterocycles. The van der Waals surface area contributed by atoms with Gasteiger partial charge < -0.3 is 14.2 Å². The summed E-state index contributed by atoms with van der Waals surface area (Å²) in [5.41, 5.74) is 15.7. The molecule has 1 unspecified atom stereocenters. The van der Waals surface area contributed by atoms with Gasteiger partial charge in [0.15, 0.2) is 0 Å². The molecule has 3 heterocycles. The van der Waals surface area contributed by atoms with Gasteiger partial charge in [-0.2, -0.15) is 0 Å². The molecule has 1 atom stereocenters. The lowest BCUT2D eigenvalue weighted by Gasteiger charge is -2.45. The van der Waals surface area contributed by atoms with Crippen LogP contribution < -0.4 is 9.64 Å². The number of hydrogen-bond acceptors (Lipinski definition) is 2. The van der Waals surface area contributed by atoms with Crippen LogP contribution in [0.2, 0.25) is 0 Å². The summed E-state index contributed by atoms with van der Waals surface area (Å²) in [5, 5.41) is 2.52. The SMILES string of the molecule is c1ccc(-c2ccc(N(c3ccccc3)c3ccc(-c4cccc5c4Oc4ccccc4C54c5ccccc5-n5c6ccccc6c6cccc4c65)cc3)cc2)cc1. The molecule has 12 rings (SSSR count). The van der Waals surface area contributed by atoms with Gasteiger partial charge >= 0.3 is 0 Å². The Morgan fingerprint density at radius 1 is 0.379 bits per heavy atom. The van der Waals surface area contributed by atoms with E-state index in [9.17, 15) is 0 Å². The summed E-state index contributed by atoms with van der Waals surface area (Å²) in [4.78, 5) is 2.32. The first-order valence-corrected chi connectivity index (χ1v) is 19.9. The largest absolute Gasteiger partial charge is 0.456 e. The Balaban J connectivity index is 1.04. The molecule has 0 radical (unpaired) electrons. The molecule has 0 saturated carbocycles. The van der Waals surface area contributed by atoms with Gasteiger partial charge in [0, 0.05) is 44.5 Å². The molecule has 2 aliphatic heterocycles. The standard InChI is InChI=1S/C55H36N2O/c1-3-15-37(16-4-1)38-29-33-41(34-30-38)56(40-17-5-2-6-18-40)42-35-31-39(32-36-42)43-20-13-25-49-54(43)58-52-28-12-9-23-47(52)55(49)46-22-8-11-27-51(46)57-50-26-10-7-19-44(50)45-21-14-24-48(55)53(45)57/h1-36H. The van der Waals surface area contributed by atoms with Gasteiger partial charge in [0.1, 0.15) is 11.5 Å². The summed E-state index contributed by atoms with van der Waals surface area (Å²) in [6, 6.07) is 78.9. The third-order valence-corrected chi connectivity index (χ3v) is 12.3. The van der Waals surface area contributed by atoms with Gasteiger partial charge in [-0.1, -0.05) is 164 Å². The minimum absolute atomic E-state index is 0.614. The Morgan fingerprint density at radius 3 is 1.72 bits per heavy atom. The Morgan fingerprint density at radius 2 is 0.931 bits per heavy atom. The molecule has 9 aromatic carbocycles. The number of aromatic nitrogens is 1. The lowest BCUT2D eigenvalue weighted by atomic mass is 9.61. The van der Waals surface area contributed by atoms with Gasteiger partial charge in [0.05, 0.1) is 22.1 Å². The van der Waals surface area contributed by atoms with E-state index in [0.29, 0.717) is 0 Å². The predicted molar refractivity (Wildman–Crippen MR) is 238 cm³/mol. The Hall–Kier alpha value is -7.62. The highest BCUT2D eigenvalue weighted by atomic mass is 16.5. The highest BCUT2D eigenvalue weighted by molar-refractivity contribution is 6.12. The summed E-state index contributed by atoms with van der Waals surface area (Å²) >= 11 is 0. The molecule has 0 N–H and O–H groups in total. The van der Waals surface area contributed by atoms with E-state index >= 15 is 0 Å². The van der Waals surface area contributed by atoms with Gasteiger partial charge in [0.2, 0.25) is 0 Å². The maximum Gasteiger partial charge on any atom is 0.140 e. The van der Waals surface area contributed by atoms with Crippen molar-refractivity contribution in [2.75, 3.05) is 4.90 Å². The third-order valence-electron chi connectivity index (χ3n) is 12.3. The number of para-hydroxylation sites is 6. The van der Waals surface area contributed by atoms with Gasteiger partial charge in [0.25, 0.3) is 0 Å². The molecule has 58 heavy (non-hydrogen) atoms. The maximum atomic E-state index is 7.10. The number of nitrogens with zero attached hydrogens (tertiary/aromatic N) is 2. The molecule has 0 aliphatic carbocycles. The van der Waals surface area contributed by atoms with Crippen LogP contribution in [0.15, 0.2) is 218 Å². The second-order valence-electron chi connectivity index (χ2n) is 15.2. The summed E-state index contributed by atoms with van der Waals surface area (Å²) < 4.78 is 9.58. The van der Waals surface area contributed by atoms with Gasteiger partial charge in [-0.05, 0) is 82.4 Å². The van der Waals surface area contributed by atoms with E-state index in [1.54, 1.807) is 0 Å². The topological polar surface area (TPSA) is 17.4 Å². The van der Waals surface area contributed by atoms with Gasteiger partial charge in [-0.25, -0.2) is 0 Å². The first-order valence-electron chi connectivity index (χ1n) is 19.9. The van der Waals surface area contributed by atoms with Crippen LogP contribution in [0.25, 0.3) is 49.7 Å². The molecule has 0 fully saturated rings. The lowest BCUT2D eigenvalue weighted by molar-refractivity contribution is 0.435. The number of benzene rings is 9. The number of hydrogen-bond donors (Lipinski definition) is 0. The molecule has 1 spiro atoms. The van der Waals surface area contributed by atoms with Crippen molar-refractivity contribution in [1.29, 1.82) is 0 Å². The van der Waals surface area contributed by atoms with E-state index < -0.39 is 5.41 Å². The Bertz CT molecular complexity index is 3180. The second kappa shape index (κ2) is 12.7. The Kier molecular flexibility index (Phi) is 7.14. The van der Waals surface area contributed by atoms with E-state index in [4.69, 9.17) is 4.74 Å². The van der Waals surface area contributed by atoms with E-state index in [-0.39, 0.29) is 0 Å². The molecule has 272 valence electrons. The van der Waals surface area contributed by atoms with Crippen LogP contribution in [0.5, 0.6) is 11.5 Å². The van der Waals surface area contributed by atoms with Crippen LogP contribution in [0.3, 0.4) is 0 Å². The smallest absolute Gasteiger partial charge is 0.140 e.